The van der Waals surface area contributed by atoms with Crippen molar-refractivity contribution in [2.45, 2.75) is 31.6 Å². The number of Topliss-reactive ketones (excluding diaryl/α,β-unsaturated/α-hetero) is 1. The van der Waals surface area contributed by atoms with Crippen molar-refractivity contribution in [1.29, 1.82) is 0 Å². The van der Waals surface area contributed by atoms with Gasteiger partial charge < -0.3 is 14.1 Å². The van der Waals surface area contributed by atoms with Crippen LogP contribution >= 0.6 is 0 Å². The molecule has 0 atom stereocenters. The van der Waals surface area contributed by atoms with E-state index in [0.29, 0.717) is 12.3 Å². The fourth-order valence-electron chi connectivity index (χ4n) is 4.83. The van der Waals surface area contributed by atoms with Gasteiger partial charge in [0.2, 0.25) is 0 Å². The fraction of sp³-hybridized carbons (Fsp3) is 0.385. The SMILES string of the molecule is COCCN1CCC(c2cc(-c3ccc4c(c3)CCC4=O)c(-c3ccncc3)o2)CC1. The van der Waals surface area contributed by atoms with Crippen LogP contribution in [0.2, 0.25) is 0 Å². The van der Waals surface area contributed by atoms with E-state index in [2.05, 4.69) is 28.1 Å². The third-order valence-corrected chi connectivity index (χ3v) is 6.63. The third-order valence-electron chi connectivity index (χ3n) is 6.63. The third kappa shape index (κ3) is 4.08. The molecule has 1 saturated heterocycles. The lowest BCUT2D eigenvalue weighted by Gasteiger charge is -2.30. The molecule has 1 aliphatic heterocycles. The predicted molar refractivity (Wildman–Crippen MR) is 120 cm³/mol. The number of aryl methyl sites for hydroxylation is 1. The van der Waals surface area contributed by atoms with Crippen LogP contribution in [0.15, 0.2) is 53.2 Å². The average molecular weight is 417 g/mol. The van der Waals surface area contributed by atoms with E-state index < -0.39 is 0 Å². The van der Waals surface area contributed by atoms with Crippen LogP contribution in [0.1, 0.15) is 46.9 Å². The van der Waals surface area contributed by atoms with Gasteiger partial charge >= 0.3 is 0 Å². The lowest BCUT2D eigenvalue weighted by molar-refractivity contribution is 0.0994. The summed E-state index contributed by atoms with van der Waals surface area (Å²) in [7, 11) is 1.76. The Morgan fingerprint density at radius 3 is 2.61 bits per heavy atom. The summed E-state index contributed by atoms with van der Waals surface area (Å²) in [4.78, 5) is 18.7. The number of piperidine rings is 1. The summed E-state index contributed by atoms with van der Waals surface area (Å²) >= 11 is 0. The Kier molecular flexibility index (Phi) is 5.70. The maximum atomic E-state index is 12.1. The molecular weight excluding hydrogens is 388 g/mol. The minimum absolute atomic E-state index is 0.254. The van der Waals surface area contributed by atoms with Crippen molar-refractivity contribution in [3.8, 4) is 22.5 Å². The van der Waals surface area contributed by atoms with Crippen LogP contribution < -0.4 is 0 Å². The number of rotatable bonds is 6. The second kappa shape index (κ2) is 8.77. The van der Waals surface area contributed by atoms with Crippen LogP contribution in [0, 0.1) is 0 Å². The number of pyridine rings is 1. The van der Waals surface area contributed by atoms with E-state index in [1.54, 1.807) is 19.5 Å². The number of carbonyl (C=O) groups excluding carboxylic acids is 1. The van der Waals surface area contributed by atoms with Crippen LogP contribution in [0.3, 0.4) is 0 Å². The number of hydrogen-bond donors (Lipinski definition) is 0. The molecule has 5 nitrogen and oxygen atoms in total. The van der Waals surface area contributed by atoms with Gasteiger partial charge in [0.25, 0.3) is 0 Å². The van der Waals surface area contributed by atoms with Crippen molar-refractivity contribution in [2.75, 3.05) is 33.4 Å². The van der Waals surface area contributed by atoms with E-state index in [-0.39, 0.29) is 5.78 Å². The molecule has 5 heteroatoms. The van der Waals surface area contributed by atoms with Gasteiger partial charge in [0.1, 0.15) is 11.5 Å². The number of likely N-dealkylation sites (tertiary alicyclic amines) is 1. The predicted octanol–water partition coefficient (Wildman–Crippen LogP) is 4.96. The maximum Gasteiger partial charge on any atom is 0.163 e. The standard InChI is InChI=1S/C26H28N2O3/c1-30-15-14-28-12-8-18(9-13-28)25-17-23(26(31-25)19-6-10-27-11-7-19)21-2-4-22-20(16-21)3-5-24(22)29/h2,4,6-7,10-11,16-18H,3,5,8-9,12-15H2,1H3. The molecule has 0 saturated carbocycles. The zero-order valence-corrected chi connectivity index (χ0v) is 18.0. The molecule has 2 aliphatic rings. The number of benzene rings is 1. The largest absolute Gasteiger partial charge is 0.460 e. The van der Waals surface area contributed by atoms with Crippen molar-refractivity contribution >= 4 is 5.78 Å². The number of furan rings is 1. The molecule has 0 amide bonds. The van der Waals surface area contributed by atoms with Gasteiger partial charge in [0, 0.05) is 55.1 Å². The lowest BCUT2D eigenvalue weighted by Crippen LogP contribution is -2.35. The van der Waals surface area contributed by atoms with Crippen LogP contribution in [-0.2, 0) is 11.2 Å². The zero-order valence-electron chi connectivity index (χ0n) is 18.0. The fourth-order valence-corrected chi connectivity index (χ4v) is 4.83. The number of fused-ring (bicyclic) bond motifs is 1. The molecule has 160 valence electrons. The Labute approximate surface area is 183 Å². The second-order valence-corrected chi connectivity index (χ2v) is 8.53. The van der Waals surface area contributed by atoms with Crippen LogP contribution in [-0.4, -0.2) is 49.0 Å². The van der Waals surface area contributed by atoms with Gasteiger partial charge in [-0.2, -0.15) is 0 Å². The lowest BCUT2D eigenvalue weighted by atomic mass is 9.93. The topological polar surface area (TPSA) is 55.6 Å². The number of methoxy groups -OCH3 is 1. The molecule has 1 fully saturated rings. The average Bonchev–Trinajstić information content (AvgIpc) is 3.43. The number of aromatic nitrogens is 1. The number of hydrogen-bond acceptors (Lipinski definition) is 5. The Hall–Kier alpha value is -2.76. The van der Waals surface area contributed by atoms with Crippen molar-refractivity contribution in [2.24, 2.45) is 0 Å². The van der Waals surface area contributed by atoms with Gasteiger partial charge in [-0.3, -0.25) is 9.78 Å². The van der Waals surface area contributed by atoms with E-state index in [1.165, 1.54) is 0 Å². The summed E-state index contributed by atoms with van der Waals surface area (Å²) in [5.41, 5.74) is 5.28. The first-order chi connectivity index (χ1) is 15.2. The molecule has 3 aromatic rings. The van der Waals surface area contributed by atoms with E-state index in [1.807, 2.05) is 18.2 Å². The Morgan fingerprint density at radius 1 is 1.03 bits per heavy atom. The normalized spacial score (nSPS) is 17.3. The monoisotopic (exact) mass is 416 g/mol. The highest BCUT2D eigenvalue weighted by Gasteiger charge is 2.26. The van der Waals surface area contributed by atoms with Crippen molar-refractivity contribution < 1.29 is 13.9 Å². The molecule has 1 aromatic carbocycles. The highest BCUT2D eigenvalue weighted by atomic mass is 16.5. The van der Waals surface area contributed by atoms with E-state index >= 15 is 0 Å². The van der Waals surface area contributed by atoms with Crippen LogP contribution in [0.5, 0.6) is 0 Å². The molecule has 31 heavy (non-hydrogen) atoms. The number of ketones is 1. The number of nitrogens with zero attached hydrogens (tertiary/aromatic N) is 2. The Balaban J connectivity index is 1.47. The summed E-state index contributed by atoms with van der Waals surface area (Å²) in [6.07, 6.45) is 7.23. The number of ether oxygens (including phenoxy) is 1. The highest BCUT2D eigenvalue weighted by Crippen LogP contribution is 2.41. The van der Waals surface area contributed by atoms with E-state index in [9.17, 15) is 4.79 Å². The van der Waals surface area contributed by atoms with Crippen LogP contribution in [0.4, 0.5) is 0 Å². The van der Waals surface area contributed by atoms with Gasteiger partial charge in [-0.05, 0) is 61.7 Å². The van der Waals surface area contributed by atoms with Crippen LogP contribution in [0.25, 0.3) is 22.5 Å². The maximum absolute atomic E-state index is 12.1. The van der Waals surface area contributed by atoms with E-state index in [4.69, 9.17) is 9.15 Å². The van der Waals surface area contributed by atoms with Gasteiger partial charge in [0.15, 0.2) is 5.78 Å². The molecule has 0 N–H and O–H groups in total. The van der Waals surface area contributed by atoms with Crippen molar-refractivity contribution in [1.82, 2.24) is 9.88 Å². The zero-order chi connectivity index (χ0) is 21.2. The summed E-state index contributed by atoms with van der Waals surface area (Å²) in [5.74, 6) is 2.63. The Morgan fingerprint density at radius 2 is 1.84 bits per heavy atom. The first-order valence-corrected chi connectivity index (χ1v) is 11.1. The molecule has 0 radical (unpaired) electrons. The minimum atomic E-state index is 0.254. The van der Waals surface area contributed by atoms with Gasteiger partial charge in [0.05, 0.1) is 6.61 Å². The van der Waals surface area contributed by atoms with Gasteiger partial charge in [-0.25, -0.2) is 0 Å². The Bertz CT molecular complexity index is 1070. The summed E-state index contributed by atoms with van der Waals surface area (Å²) in [5, 5.41) is 0. The highest BCUT2D eigenvalue weighted by molar-refractivity contribution is 6.01. The molecule has 5 rings (SSSR count). The molecule has 0 spiro atoms. The summed E-state index contributed by atoms with van der Waals surface area (Å²) < 4.78 is 11.7. The molecule has 0 bridgehead atoms. The molecule has 3 heterocycles. The smallest absolute Gasteiger partial charge is 0.163 e. The number of carbonyl (C=O) groups is 1. The first kappa shape index (κ1) is 20.2. The minimum Gasteiger partial charge on any atom is -0.460 e. The van der Waals surface area contributed by atoms with Gasteiger partial charge in [-0.1, -0.05) is 18.2 Å². The molecule has 1 aliphatic carbocycles. The molecule has 0 unspecified atom stereocenters. The first-order valence-electron chi connectivity index (χ1n) is 11.1. The molecular formula is C26H28N2O3. The molecule has 2 aromatic heterocycles. The summed E-state index contributed by atoms with van der Waals surface area (Å²) in [6.45, 7) is 3.90. The van der Waals surface area contributed by atoms with Crippen molar-refractivity contribution in [3.05, 3.63) is 65.7 Å². The second-order valence-electron chi connectivity index (χ2n) is 8.53. The van der Waals surface area contributed by atoms with Crippen molar-refractivity contribution in [3.63, 3.8) is 0 Å². The van der Waals surface area contributed by atoms with E-state index in [0.717, 1.165) is 84.8 Å². The van der Waals surface area contributed by atoms with Gasteiger partial charge in [-0.15, -0.1) is 0 Å². The quantitative estimate of drug-likeness (QED) is 0.568. The summed E-state index contributed by atoms with van der Waals surface area (Å²) in [6, 6.07) is 12.4.